The van der Waals surface area contributed by atoms with Crippen molar-refractivity contribution in [2.75, 3.05) is 20.2 Å². The lowest BCUT2D eigenvalue weighted by Crippen LogP contribution is -2.34. The molecule has 102 valence electrons. The standard InChI is InChI=1S/C13H20F2N2O/c1-9(8-18)17(2)7-6-12(16)10-4-3-5-11(14)13(10)15/h3-5,9,12,18H,6-8,16H2,1-2H3. The SMILES string of the molecule is CC(CO)N(C)CCC(N)c1cccc(F)c1F. The molecule has 0 aliphatic heterocycles. The number of benzene rings is 1. The minimum absolute atomic E-state index is 0.0227. The number of likely N-dealkylation sites (N-methyl/N-ethyl adjacent to an activating group) is 1. The van der Waals surface area contributed by atoms with Crippen molar-refractivity contribution < 1.29 is 13.9 Å². The number of rotatable bonds is 6. The van der Waals surface area contributed by atoms with E-state index in [4.69, 9.17) is 10.8 Å². The maximum Gasteiger partial charge on any atom is 0.163 e. The Morgan fingerprint density at radius 2 is 2.06 bits per heavy atom. The molecule has 0 aliphatic rings. The number of hydrogen-bond donors (Lipinski definition) is 2. The fraction of sp³-hybridized carbons (Fsp3) is 0.538. The van der Waals surface area contributed by atoms with Gasteiger partial charge in [-0.05, 0) is 26.5 Å². The van der Waals surface area contributed by atoms with E-state index in [1.165, 1.54) is 12.1 Å². The van der Waals surface area contributed by atoms with Crippen molar-refractivity contribution in [1.29, 1.82) is 0 Å². The van der Waals surface area contributed by atoms with Crippen molar-refractivity contribution in [2.24, 2.45) is 5.73 Å². The Morgan fingerprint density at radius 1 is 1.39 bits per heavy atom. The van der Waals surface area contributed by atoms with Gasteiger partial charge in [0.1, 0.15) is 0 Å². The minimum Gasteiger partial charge on any atom is -0.395 e. The molecular weight excluding hydrogens is 238 g/mol. The number of hydrogen-bond acceptors (Lipinski definition) is 3. The van der Waals surface area contributed by atoms with Gasteiger partial charge in [-0.3, -0.25) is 0 Å². The molecule has 0 spiro atoms. The Morgan fingerprint density at radius 3 is 2.67 bits per heavy atom. The molecule has 0 saturated heterocycles. The maximum atomic E-state index is 13.5. The Balaban J connectivity index is 2.60. The number of aliphatic hydroxyl groups is 1. The van der Waals surface area contributed by atoms with Crippen LogP contribution in [0, 0.1) is 11.6 Å². The fourth-order valence-corrected chi connectivity index (χ4v) is 1.66. The van der Waals surface area contributed by atoms with Gasteiger partial charge in [-0.25, -0.2) is 8.78 Å². The van der Waals surface area contributed by atoms with Crippen molar-refractivity contribution in [3.63, 3.8) is 0 Å². The first kappa shape index (κ1) is 15.0. The zero-order chi connectivity index (χ0) is 13.7. The van der Waals surface area contributed by atoms with E-state index >= 15 is 0 Å². The molecule has 3 nitrogen and oxygen atoms in total. The maximum absolute atomic E-state index is 13.5. The summed E-state index contributed by atoms with van der Waals surface area (Å²) in [7, 11) is 1.86. The van der Waals surface area contributed by atoms with Crippen LogP contribution in [-0.4, -0.2) is 36.2 Å². The highest BCUT2D eigenvalue weighted by molar-refractivity contribution is 5.22. The highest BCUT2D eigenvalue weighted by Gasteiger charge is 2.16. The summed E-state index contributed by atoms with van der Waals surface area (Å²) >= 11 is 0. The third-order valence-electron chi connectivity index (χ3n) is 3.19. The van der Waals surface area contributed by atoms with E-state index in [2.05, 4.69) is 0 Å². The topological polar surface area (TPSA) is 49.5 Å². The van der Waals surface area contributed by atoms with Crippen molar-refractivity contribution in [3.05, 3.63) is 35.4 Å². The molecule has 5 heteroatoms. The van der Waals surface area contributed by atoms with Gasteiger partial charge in [-0.2, -0.15) is 0 Å². The van der Waals surface area contributed by atoms with Gasteiger partial charge in [-0.15, -0.1) is 0 Å². The van der Waals surface area contributed by atoms with Crippen LogP contribution in [0.5, 0.6) is 0 Å². The number of aliphatic hydroxyl groups excluding tert-OH is 1. The molecule has 0 aliphatic carbocycles. The van der Waals surface area contributed by atoms with Gasteiger partial charge in [0.15, 0.2) is 11.6 Å². The van der Waals surface area contributed by atoms with Crippen LogP contribution >= 0.6 is 0 Å². The van der Waals surface area contributed by atoms with Crippen LogP contribution in [0.3, 0.4) is 0 Å². The third kappa shape index (κ3) is 3.73. The lowest BCUT2D eigenvalue weighted by atomic mass is 10.0. The molecule has 18 heavy (non-hydrogen) atoms. The molecule has 3 N–H and O–H groups in total. The van der Waals surface area contributed by atoms with Crippen LogP contribution in [0.1, 0.15) is 24.9 Å². The Kier molecular flexibility index (Phi) is 5.65. The van der Waals surface area contributed by atoms with E-state index in [0.29, 0.717) is 13.0 Å². The summed E-state index contributed by atoms with van der Waals surface area (Å²) in [5.74, 6) is -1.75. The second kappa shape index (κ2) is 6.78. The number of nitrogens with zero attached hydrogens (tertiary/aromatic N) is 1. The largest absolute Gasteiger partial charge is 0.395 e. The predicted octanol–water partition coefficient (Wildman–Crippen LogP) is 1.67. The normalized spacial score (nSPS) is 14.8. The van der Waals surface area contributed by atoms with Crippen LogP contribution in [0.4, 0.5) is 8.78 Å². The summed E-state index contributed by atoms with van der Waals surface area (Å²) in [5.41, 5.74) is 6.05. The number of nitrogens with two attached hydrogens (primary N) is 1. The van der Waals surface area contributed by atoms with Crippen molar-refractivity contribution in [1.82, 2.24) is 4.90 Å². The zero-order valence-electron chi connectivity index (χ0n) is 10.7. The molecule has 0 fully saturated rings. The van der Waals surface area contributed by atoms with Gasteiger partial charge in [0.25, 0.3) is 0 Å². The summed E-state index contributed by atoms with van der Waals surface area (Å²) in [6.07, 6.45) is 0.501. The quantitative estimate of drug-likeness (QED) is 0.816. The van der Waals surface area contributed by atoms with E-state index in [0.717, 1.165) is 6.07 Å². The summed E-state index contributed by atoms with van der Waals surface area (Å²) < 4.78 is 26.5. The van der Waals surface area contributed by atoms with Crippen molar-refractivity contribution in [3.8, 4) is 0 Å². The van der Waals surface area contributed by atoms with E-state index in [9.17, 15) is 8.78 Å². The van der Waals surface area contributed by atoms with Gasteiger partial charge < -0.3 is 15.7 Å². The average molecular weight is 258 g/mol. The van der Waals surface area contributed by atoms with E-state index in [-0.39, 0.29) is 18.2 Å². The van der Waals surface area contributed by atoms with Crippen LogP contribution in [-0.2, 0) is 0 Å². The molecule has 1 aromatic carbocycles. The van der Waals surface area contributed by atoms with Gasteiger partial charge in [0.2, 0.25) is 0 Å². The fourth-order valence-electron chi connectivity index (χ4n) is 1.66. The molecule has 1 aromatic rings. The monoisotopic (exact) mass is 258 g/mol. The Hall–Kier alpha value is -1.04. The molecule has 0 heterocycles. The zero-order valence-corrected chi connectivity index (χ0v) is 10.7. The summed E-state index contributed by atoms with van der Waals surface area (Å²) in [4.78, 5) is 1.93. The van der Waals surface area contributed by atoms with Crippen LogP contribution in [0.15, 0.2) is 18.2 Å². The average Bonchev–Trinajstić information content (AvgIpc) is 2.37. The second-order valence-corrected chi connectivity index (χ2v) is 4.55. The summed E-state index contributed by atoms with van der Waals surface area (Å²) in [6, 6.07) is 3.50. The molecule has 2 atom stereocenters. The van der Waals surface area contributed by atoms with Crippen LogP contribution < -0.4 is 5.73 Å². The van der Waals surface area contributed by atoms with Gasteiger partial charge in [0.05, 0.1) is 6.61 Å². The van der Waals surface area contributed by atoms with Gasteiger partial charge in [-0.1, -0.05) is 12.1 Å². The van der Waals surface area contributed by atoms with Crippen LogP contribution in [0.25, 0.3) is 0 Å². The van der Waals surface area contributed by atoms with E-state index < -0.39 is 17.7 Å². The van der Waals surface area contributed by atoms with Crippen molar-refractivity contribution >= 4 is 0 Å². The van der Waals surface area contributed by atoms with Gasteiger partial charge >= 0.3 is 0 Å². The first-order valence-electron chi connectivity index (χ1n) is 5.98. The molecule has 0 amide bonds. The first-order chi connectivity index (χ1) is 8.47. The smallest absolute Gasteiger partial charge is 0.163 e. The Bertz CT molecular complexity index is 387. The molecule has 0 aromatic heterocycles. The Labute approximate surface area is 106 Å². The molecule has 2 unspecified atom stereocenters. The molecule has 0 radical (unpaired) electrons. The summed E-state index contributed by atoms with van der Waals surface area (Å²) in [5, 5.41) is 8.99. The van der Waals surface area contributed by atoms with Crippen LogP contribution in [0.2, 0.25) is 0 Å². The van der Waals surface area contributed by atoms with E-state index in [1.807, 2.05) is 18.9 Å². The predicted molar refractivity (Wildman–Crippen MR) is 67.1 cm³/mol. The molecule has 1 rings (SSSR count). The first-order valence-corrected chi connectivity index (χ1v) is 5.98. The lowest BCUT2D eigenvalue weighted by Gasteiger charge is -2.24. The summed E-state index contributed by atoms with van der Waals surface area (Å²) in [6.45, 7) is 2.55. The van der Waals surface area contributed by atoms with Gasteiger partial charge in [0, 0.05) is 24.2 Å². The lowest BCUT2D eigenvalue weighted by molar-refractivity contribution is 0.156. The molecule has 0 bridgehead atoms. The molecule has 0 saturated carbocycles. The number of halogens is 2. The highest BCUT2D eigenvalue weighted by Crippen LogP contribution is 2.20. The third-order valence-corrected chi connectivity index (χ3v) is 3.19. The van der Waals surface area contributed by atoms with Crippen molar-refractivity contribution in [2.45, 2.75) is 25.4 Å². The highest BCUT2D eigenvalue weighted by atomic mass is 19.2. The molecular formula is C13H20F2N2O. The second-order valence-electron chi connectivity index (χ2n) is 4.55. The van der Waals surface area contributed by atoms with E-state index in [1.54, 1.807) is 0 Å². The minimum atomic E-state index is -0.875.